The van der Waals surface area contributed by atoms with Crippen LogP contribution in [0, 0.1) is 6.92 Å². The first-order valence-electron chi connectivity index (χ1n) is 7.44. The number of ether oxygens (including phenoxy) is 1. The number of carboxylic acid groups (broad SMARTS) is 1. The van der Waals surface area contributed by atoms with Crippen LogP contribution >= 0.6 is 0 Å². The molecule has 1 aliphatic rings. The van der Waals surface area contributed by atoms with Gasteiger partial charge in [-0.25, -0.2) is 4.98 Å². The number of aromatic amines is 1. The Morgan fingerprint density at radius 1 is 1.43 bits per heavy atom. The number of carbonyl (C=O) groups is 1. The minimum Gasteiger partial charge on any atom is -0.481 e. The lowest BCUT2D eigenvalue weighted by atomic mass is 10.00. The topological polar surface area (TPSA) is 92.3 Å². The zero-order valence-electron chi connectivity index (χ0n) is 12.6. The predicted octanol–water partition coefficient (Wildman–Crippen LogP) is 1.90. The standard InChI is InChI=1S/C15H22N2O4/c1-3-21-15(8-4-5-9-15)14-16-10(2)11(13(20)17-14)6-7-12(18)19/h3-9H2,1-2H3,(H,18,19)(H,16,17,20). The molecule has 1 aliphatic carbocycles. The zero-order valence-corrected chi connectivity index (χ0v) is 12.6. The number of aliphatic carboxylic acids is 1. The molecule has 0 amide bonds. The van der Waals surface area contributed by atoms with Gasteiger partial charge in [0.15, 0.2) is 0 Å². The van der Waals surface area contributed by atoms with E-state index in [1.54, 1.807) is 6.92 Å². The van der Waals surface area contributed by atoms with Crippen molar-refractivity contribution in [3.05, 3.63) is 27.4 Å². The number of rotatable bonds is 6. The van der Waals surface area contributed by atoms with Crippen molar-refractivity contribution in [2.45, 2.75) is 58.0 Å². The number of aromatic nitrogens is 2. The Morgan fingerprint density at radius 2 is 2.10 bits per heavy atom. The van der Waals surface area contributed by atoms with Crippen LogP contribution in [0.5, 0.6) is 0 Å². The van der Waals surface area contributed by atoms with Crippen LogP contribution in [0.2, 0.25) is 0 Å². The number of aryl methyl sites for hydroxylation is 1. The number of hydrogen-bond acceptors (Lipinski definition) is 4. The first kappa shape index (κ1) is 15.7. The first-order chi connectivity index (χ1) is 9.98. The van der Waals surface area contributed by atoms with Crippen LogP contribution < -0.4 is 5.56 Å². The van der Waals surface area contributed by atoms with Crippen LogP contribution in [0.15, 0.2) is 4.79 Å². The SMILES string of the molecule is CCOC1(c2nc(C)c(CCC(=O)O)c(=O)[nH]2)CCCC1. The Bertz CT molecular complexity index is 574. The van der Waals surface area contributed by atoms with Crippen LogP contribution in [0.1, 0.15) is 56.1 Å². The molecule has 116 valence electrons. The molecular weight excluding hydrogens is 272 g/mol. The van der Waals surface area contributed by atoms with Crippen molar-refractivity contribution in [3.63, 3.8) is 0 Å². The van der Waals surface area contributed by atoms with Gasteiger partial charge >= 0.3 is 5.97 Å². The fourth-order valence-corrected chi connectivity index (χ4v) is 3.02. The highest BCUT2D eigenvalue weighted by atomic mass is 16.5. The molecule has 0 radical (unpaired) electrons. The zero-order chi connectivity index (χ0) is 15.5. The Morgan fingerprint density at radius 3 is 2.62 bits per heavy atom. The third-order valence-electron chi connectivity index (χ3n) is 4.07. The first-order valence-corrected chi connectivity index (χ1v) is 7.44. The minimum absolute atomic E-state index is 0.0679. The van der Waals surface area contributed by atoms with Crippen molar-refractivity contribution < 1.29 is 14.6 Å². The molecule has 0 aromatic carbocycles. The van der Waals surface area contributed by atoms with Gasteiger partial charge < -0.3 is 14.8 Å². The Balaban J connectivity index is 2.34. The highest BCUT2D eigenvalue weighted by Crippen LogP contribution is 2.40. The van der Waals surface area contributed by atoms with E-state index in [9.17, 15) is 9.59 Å². The van der Waals surface area contributed by atoms with Crippen LogP contribution in [0.4, 0.5) is 0 Å². The molecule has 1 heterocycles. The van der Waals surface area contributed by atoms with Crippen molar-refractivity contribution in [3.8, 4) is 0 Å². The lowest BCUT2D eigenvalue weighted by Crippen LogP contribution is -2.33. The molecular formula is C15H22N2O4. The van der Waals surface area contributed by atoms with E-state index in [4.69, 9.17) is 9.84 Å². The summed E-state index contributed by atoms with van der Waals surface area (Å²) in [5.41, 5.74) is 0.320. The van der Waals surface area contributed by atoms with E-state index in [1.165, 1.54) is 0 Å². The predicted molar refractivity (Wildman–Crippen MR) is 77.3 cm³/mol. The Kier molecular flexibility index (Phi) is 4.77. The van der Waals surface area contributed by atoms with Gasteiger partial charge in [-0.2, -0.15) is 0 Å². The highest BCUT2D eigenvalue weighted by molar-refractivity contribution is 5.67. The van der Waals surface area contributed by atoms with Crippen molar-refractivity contribution in [2.24, 2.45) is 0 Å². The summed E-state index contributed by atoms with van der Waals surface area (Å²) in [6.45, 7) is 4.26. The second kappa shape index (κ2) is 6.39. The van der Waals surface area contributed by atoms with E-state index in [0.717, 1.165) is 25.7 Å². The van der Waals surface area contributed by atoms with Crippen LogP contribution in [-0.2, 0) is 21.6 Å². The molecule has 0 bridgehead atoms. The van der Waals surface area contributed by atoms with Gasteiger partial charge in [-0.15, -0.1) is 0 Å². The van der Waals surface area contributed by atoms with E-state index in [0.29, 0.717) is 23.7 Å². The number of nitrogens with one attached hydrogen (secondary N) is 1. The van der Waals surface area contributed by atoms with E-state index in [1.807, 2.05) is 6.92 Å². The second-order valence-electron chi connectivity index (χ2n) is 5.51. The molecule has 1 aromatic rings. The molecule has 21 heavy (non-hydrogen) atoms. The van der Waals surface area contributed by atoms with Gasteiger partial charge in [0.1, 0.15) is 11.4 Å². The Hall–Kier alpha value is -1.69. The average molecular weight is 294 g/mol. The van der Waals surface area contributed by atoms with E-state index in [-0.39, 0.29) is 18.4 Å². The molecule has 1 fully saturated rings. The van der Waals surface area contributed by atoms with Crippen molar-refractivity contribution in [1.29, 1.82) is 0 Å². The van der Waals surface area contributed by atoms with Gasteiger partial charge in [-0.1, -0.05) is 0 Å². The normalized spacial score (nSPS) is 17.0. The van der Waals surface area contributed by atoms with Crippen LogP contribution in [-0.4, -0.2) is 27.7 Å². The van der Waals surface area contributed by atoms with Crippen molar-refractivity contribution in [1.82, 2.24) is 9.97 Å². The summed E-state index contributed by atoms with van der Waals surface area (Å²) >= 11 is 0. The monoisotopic (exact) mass is 294 g/mol. The summed E-state index contributed by atoms with van der Waals surface area (Å²) in [4.78, 5) is 30.2. The maximum absolute atomic E-state index is 12.2. The summed E-state index contributed by atoms with van der Waals surface area (Å²) in [6, 6.07) is 0. The lowest BCUT2D eigenvalue weighted by molar-refractivity contribution is -0.136. The largest absolute Gasteiger partial charge is 0.481 e. The minimum atomic E-state index is -0.917. The lowest BCUT2D eigenvalue weighted by Gasteiger charge is -2.28. The summed E-state index contributed by atoms with van der Waals surface area (Å²) in [7, 11) is 0. The molecule has 0 aliphatic heterocycles. The van der Waals surface area contributed by atoms with Gasteiger partial charge in [-0.3, -0.25) is 9.59 Å². The summed E-state index contributed by atoms with van der Waals surface area (Å²) in [5, 5.41) is 8.74. The van der Waals surface area contributed by atoms with Gasteiger partial charge in [0.2, 0.25) is 0 Å². The van der Waals surface area contributed by atoms with Gasteiger partial charge in [0.25, 0.3) is 5.56 Å². The van der Waals surface area contributed by atoms with Crippen molar-refractivity contribution >= 4 is 5.97 Å². The molecule has 0 saturated heterocycles. The molecule has 2 rings (SSSR count). The summed E-state index contributed by atoms with van der Waals surface area (Å²) in [6.07, 6.45) is 3.97. The highest BCUT2D eigenvalue weighted by Gasteiger charge is 2.39. The Labute approximate surface area is 123 Å². The number of H-pyrrole nitrogens is 1. The fraction of sp³-hybridized carbons (Fsp3) is 0.667. The maximum Gasteiger partial charge on any atom is 0.303 e. The second-order valence-corrected chi connectivity index (χ2v) is 5.51. The van der Waals surface area contributed by atoms with E-state index >= 15 is 0 Å². The number of nitrogens with zero attached hydrogens (tertiary/aromatic N) is 1. The molecule has 0 unspecified atom stereocenters. The molecule has 0 atom stereocenters. The molecule has 6 nitrogen and oxygen atoms in total. The van der Waals surface area contributed by atoms with Gasteiger partial charge in [-0.05, 0) is 46.0 Å². The number of carboxylic acids is 1. The van der Waals surface area contributed by atoms with Crippen molar-refractivity contribution in [2.75, 3.05) is 6.61 Å². The summed E-state index contributed by atoms with van der Waals surface area (Å²) < 4.78 is 5.90. The number of hydrogen-bond donors (Lipinski definition) is 2. The average Bonchev–Trinajstić information content (AvgIpc) is 2.87. The van der Waals surface area contributed by atoms with Gasteiger partial charge in [0.05, 0.1) is 0 Å². The maximum atomic E-state index is 12.2. The molecule has 1 aromatic heterocycles. The fourth-order valence-electron chi connectivity index (χ4n) is 3.02. The van der Waals surface area contributed by atoms with E-state index < -0.39 is 11.6 Å². The molecule has 0 spiro atoms. The molecule has 1 saturated carbocycles. The quantitative estimate of drug-likeness (QED) is 0.836. The molecule has 6 heteroatoms. The molecule has 2 N–H and O–H groups in total. The third-order valence-corrected chi connectivity index (χ3v) is 4.07. The van der Waals surface area contributed by atoms with Gasteiger partial charge in [0, 0.05) is 24.3 Å². The van der Waals surface area contributed by atoms with Crippen LogP contribution in [0.3, 0.4) is 0 Å². The third kappa shape index (κ3) is 3.32. The van der Waals surface area contributed by atoms with Crippen LogP contribution in [0.25, 0.3) is 0 Å². The summed E-state index contributed by atoms with van der Waals surface area (Å²) in [5.74, 6) is -0.331. The smallest absolute Gasteiger partial charge is 0.303 e. The van der Waals surface area contributed by atoms with E-state index in [2.05, 4.69) is 9.97 Å².